The predicted molar refractivity (Wildman–Crippen MR) is 93.7 cm³/mol. The van der Waals surface area contributed by atoms with Crippen LogP contribution in [0.1, 0.15) is 13.3 Å². The maximum absolute atomic E-state index is 10.2. The highest BCUT2D eigenvalue weighted by atomic mass is 16.5. The van der Waals surface area contributed by atoms with Crippen molar-refractivity contribution < 1.29 is 19.7 Å². The Labute approximate surface area is 144 Å². The van der Waals surface area contributed by atoms with E-state index in [2.05, 4.69) is 9.80 Å². The van der Waals surface area contributed by atoms with E-state index in [9.17, 15) is 10.2 Å². The van der Waals surface area contributed by atoms with Crippen LogP contribution in [0.5, 0.6) is 11.5 Å². The molecule has 6 nitrogen and oxygen atoms in total. The molecule has 0 saturated carbocycles. The fraction of sp³-hybridized carbons (Fsp3) is 0.667. The van der Waals surface area contributed by atoms with E-state index in [1.165, 1.54) is 0 Å². The molecule has 6 heteroatoms. The summed E-state index contributed by atoms with van der Waals surface area (Å²) in [7, 11) is 1.63. The third-order valence-electron chi connectivity index (χ3n) is 4.38. The van der Waals surface area contributed by atoms with Crippen molar-refractivity contribution in [2.45, 2.75) is 25.6 Å². The Kier molecular flexibility index (Phi) is 7.78. The Morgan fingerprint density at radius 2 is 1.42 bits per heavy atom. The van der Waals surface area contributed by atoms with E-state index in [-0.39, 0.29) is 12.7 Å². The van der Waals surface area contributed by atoms with Crippen molar-refractivity contribution in [2.24, 2.45) is 0 Å². The molecule has 2 atom stereocenters. The van der Waals surface area contributed by atoms with Gasteiger partial charge in [-0.2, -0.15) is 0 Å². The number of methoxy groups -OCH3 is 1. The quantitative estimate of drug-likeness (QED) is 0.695. The Hall–Kier alpha value is -1.34. The number of aliphatic hydroxyl groups excluding tert-OH is 2. The highest BCUT2D eigenvalue weighted by Gasteiger charge is 2.20. The third kappa shape index (κ3) is 6.28. The van der Waals surface area contributed by atoms with Gasteiger partial charge in [-0.3, -0.25) is 9.80 Å². The largest absolute Gasteiger partial charge is 0.497 e. The SMILES string of the molecule is CCC(O)CN1CCN(CC(O)COc2ccc(OC)cc2)CC1. The molecule has 0 amide bonds. The van der Waals surface area contributed by atoms with Crippen molar-refractivity contribution >= 4 is 0 Å². The molecule has 1 saturated heterocycles. The third-order valence-corrected chi connectivity index (χ3v) is 4.38. The second kappa shape index (κ2) is 9.84. The minimum atomic E-state index is -0.514. The van der Waals surface area contributed by atoms with Crippen molar-refractivity contribution in [2.75, 3.05) is 53.0 Å². The maximum atomic E-state index is 10.2. The molecule has 0 aliphatic carbocycles. The summed E-state index contributed by atoms with van der Waals surface area (Å²) in [6, 6.07) is 7.35. The van der Waals surface area contributed by atoms with Gasteiger partial charge in [0.1, 0.15) is 24.2 Å². The van der Waals surface area contributed by atoms with E-state index in [0.717, 1.165) is 50.6 Å². The molecule has 1 fully saturated rings. The molecule has 0 spiro atoms. The average Bonchev–Trinajstić information content (AvgIpc) is 2.62. The summed E-state index contributed by atoms with van der Waals surface area (Å²) in [6.45, 7) is 7.33. The zero-order chi connectivity index (χ0) is 17.4. The zero-order valence-corrected chi connectivity index (χ0v) is 14.7. The standard InChI is InChI=1S/C18H30N2O4/c1-3-15(21)12-19-8-10-20(11-9-19)13-16(22)14-24-18-6-4-17(23-2)5-7-18/h4-7,15-16,21-22H,3,8-14H2,1-2H3. The van der Waals surface area contributed by atoms with Crippen LogP contribution in [0.25, 0.3) is 0 Å². The first kappa shape index (κ1) is 19.0. The van der Waals surface area contributed by atoms with E-state index >= 15 is 0 Å². The summed E-state index contributed by atoms with van der Waals surface area (Å²) in [6.07, 6.45) is 0.0432. The second-order valence-corrected chi connectivity index (χ2v) is 6.30. The number of ether oxygens (including phenoxy) is 2. The fourth-order valence-corrected chi connectivity index (χ4v) is 2.80. The van der Waals surface area contributed by atoms with Gasteiger partial charge < -0.3 is 19.7 Å². The number of aliphatic hydroxyl groups is 2. The first-order valence-electron chi connectivity index (χ1n) is 8.68. The van der Waals surface area contributed by atoms with Crippen LogP contribution in [0.4, 0.5) is 0 Å². The van der Waals surface area contributed by atoms with Crippen LogP contribution in [0.3, 0.4) is 0 Å². The molecule has 1 aliphatic heterocycles. The highest BCUT2D eigenvalue weighted by Crippen LogP contribution is 2.17. The topological polar surface area (TPSA) is 65.4 Å². The fourth-order valence-electron chi connectivity index (χ4n) is 2.80. The van der Waals surface area contributed by atoms with E-state index in [4.69, 9.17) is 9.47 Å². The van der Waals surface area contributed by atoms with Gasteiger partial charge in [0.25, 0.3) is 0 Å². The lowest BCUT2D eigenvalue weighted by Gasteiger charge is -2.36. The number of piperazine rings is 1. The monoisotopic (exact) mass is 338 g/mol. The van der Waals surface area contributed by atoms with Crippen LogP contribution < -0.4 is 9.47 Å². The first-order valence-corrected chi connectivity index (χ1v) is 8.68. The Balaban J connectivity index is 1.65. The van der Waals surface area contributed by atoms with Gasteiger partial charge in [0.2, 0.25) is 0 Å². The Morgan fingerprint density at radius 1 is 0.917 bits per heavy atom. The number of β-amino-alcohol motifs (C(OH)–C–C–N with tert-alkyl or cyclic N) is 2. The predicted octanol–water partition coefficient (Wildman–Crippen LogP) is 0.823. The van der Waals surface area contributed by atoms with Gasteiger partial charge >= 0.3 is 0 Å². The molecule has 2 unspecified atom stereocenters. The van der Waals surface area contributed by atoms with Crippen molar-refractivity contribution in [1.29, 1.82) is 0 Å². The summed E-state index contributed by atoms with van der Waals surface area (Å²) in [4.78, 5) is 4.53. The lowest BCUT2D eigenvalue weighted by molar-refractivity contribution is 0.0328. The van der Waals surface area contributed by atoms with E-state index in [0.29, 0.717) is 6.54 Å². The number of hydrogen-bond donors (Lipinski definition) is 2. The summed E-state index contributed by atoms with van der Waals surface area (Å²) in [5.74, 6) is 1.52. The number of hydrogen-bond acceptors (Lipinski definition) is 6. The molecule has 24 heavy (non-hydrogen) atoms. The minimum absolute atomic E-state index is 0.236. The summed E-state index contributed by atoms with van der Waals surface area (Å²) in [5, 5.41) is 19.9. The van der Waals surface area contributed by atoms with E-state index in [1.807, 2.05) is 31.2 Å². The minimum Gasteiger partial charge on any atom is -0.497 e. The average molecular weight is 338 g/mol. The van der Waals surface area contributed by atoms with Gasteiger partial charge in [0, 0.05) is 39.3 Å². The van der Waals surface area contributed by atoms with Gasteiger partial charge in [-0.05, 0) is 30.7 Å². The molecule has 136 valence electrons. The second-order valence-electron chi connectivity index (χ2n) is 6.30. The Bertz CT molecular complexity index is 461. The zero-order valence-electron chi connectivity index (χ0n) is 14.7. The molecule has 1 aliphatic rings. The van der Waals surface area contributed by atoms with Gasteiger partial charge in [-0.1, -0.05) is 6.92 Å². The van der Waals surface area contributed by atoms with Crippen molar-refractivity contribution in [3.8, 4) is 11.5 Å². The van der Waals surface area contributed by atoms with Crippen LogP contribution in [0.2, 0.25) is 0 Å². The van der Waals surface area contributed by atoms with Gasteiger partial charge in [0.15, 0.2) is 0 Å². The van der Waals surface area contributed by atoms with Gasteiger partial charge in [-0.15, -0.1) is 0 Å². The van der Waals surface area contributed by atoms with E-state index in [1.54, 1.807) is 7.11 Å². The molecule has 1 aromatic carbocycles. The number of nitrogens with zero attached hydrogens (tertiary/aromatic N) is 2. The van der Waals surface area contributed by atoms with Crippen LogP contribution in [-0.4, -0.2) is 85.2 Å². The van der Waals surface area contributed by atoms with Crippen LogP contribution in [0, 0.1) is 0 Å². The molecule has 2 rings (SSSR count). The maximum Gasteiger partial charge on any atom is 0.119 e. The van der Waals surface area contributed by atoms with E-state index < -0.39 is 6.10 Å². The van der Waals surface area contributed by atoms with Crippen molar-refractivity contribution in [3.63, 3.8) is 0 Å². The molecule has 0 bridgehead atoms. The van der Waals surface area contributed by atoms with Gasteiger partial charge in [-0.25, -0.2) is 0 Å². The number of rotatable bonds is 9. The van der Waals surface area contributed by atoms with Crippen LogP contribution in [0.15, 0.2) is 24.3 Å². The highest BCUT2D eigenvalue weighted by molar-refractivity contribution is 5.31. The van der Waals surface area contributed by atoms with Gasteiger partial charge in [0.05, 0.1) is 13.2 Å². The first-order chi connectivity index (χ1) is 11.6. The molecule has 1 heterocycles. The molecule has 1 aromatic rings. The number of benzene rings is 1. The van der Waals surface area contributed by atoms with Crippen molar-refractivity contribution in [3.05, 3.63) is 24.3 Å². The summed E-state index contributed by atoms with van der Waals surface area (Å²) in [5.41, 5.74) is 0. The lowest BCUT2D eigenvalue weighted by atomic mass is 10.2. The molecular formula is C18H30N2O4. The summed E-state index contributed by atoms with van der Waals surface area (Å²) < 4.78 is 10.7. The molecule has 0 aromatic heterocycles. The van der Waals surface area contributed by atoms with Crippen LogP contribution >= 0.6 is 0 Å². The lowest BCUT2D eigenvalue weighted by Crippen LogP contribution is -2.50. The van der Waals surface area contributed by atoms with Crippen LogP contribution in [-0.2, 0) is 0 Å². The van der Waals surface area contributed by atoms with Crippen molar-refractivity contribution in [1.82, 2.24) is 9.80 Å². The molecule has 2 N–H and O–H groups in total. The molecule has 0 radical (unpaired) electrons. The normalized spacial score (nSPS) is 19.0. The smallest absolute Gasteiger partial charge is 0.119 e. The Morgan fingerprint density at radius 3 is 1.92 bits per heavy atom. The summed E-state index contributed by atoms with van der Waals surface area (Å²) >= 11 is 0. The molecular weight excluding hydrogens is 308 g/mol.